The Morgan fingerprint density at radius 3 is 1.76 bits per heavy atom. The molecule has 142 valence electrons. The summed E-state index contributed by atoms with van der Waals surface area (Å²) >= 11 is 0. The molecule has 0 saturated heterocycles. The van der Waals surface area contributed by atoms with Crippen LogP contribution in [0.4, 0.5) is 0 Å². The fourth-order valence-corrected chi connectivity index (χ4v) is 4.95. The summed E-state index contributed by atoms with van der Waals surface area (Å²) in [6.07, 6.45) is 0. The van der Waals surface area contributed by atoms with Crippen molar-refractivity contribution in [3.8, 4) is 0 Å². The van der Waals surface area contributed by atoms with Crippen molar-refractivity contribution < 1.29 is 13.2 Å². The quantitative estimate of drug-likeness (QED) is 0.208. The normalized spacial score (nSPS) is 11.3. The van der Waals surface area contributed by atoms with Crippen molar-refractivity contribution in [3.63, 3.8) is 0 Å². The highest BCUT2D eigenvalue weighted by Crippen LogP contribution is 2.31. The smallest absolute Gasteiger partial charge is 0.360 e. The highest BCUT2D eigenvalue weighted by Gasteiger charge is 2.40. The molecule has 4 nitrogen and oxygen atoms in total. The van der Waals surface area contributed by atoms with Gasteiger partial charge < -0.3 is 5.53 Å². The van der Waals surface area contributed by atoms with Crippen molar-refractivity contribution in [1.82, 2.24) is 0 Å². The van der Waals surface area contributed by atoms with Crippen LogP contribution in [0.25, 0.3) is 16.3 Å². The van der Waals surface area contributed by atoms with Gasteiger partial charge >= 0.3 is 5.04 Å². The molecule has 4 rings (SSSR count). The van der Waals surface area contributed by atoms with E-state index in [4.69, 9.17) is 0 Å². The Morgan fingerprint density at radius 1 is 0.690 bits per heavy atom. The Morgan fingerprint density at radius 2 is 1.21 bits per heavy atom. The molecular weight excluding hydrogens is 380 g/mol. The maximum atomic E-state index is 13.5. The van der Waals surface area contributed by atoms with E-state index in [-0.39, 0.29) is 9.94 Å². The summed E-state index contributed by atoms with van der Waals surface area (Å²) in [5, 5.41) is 1.45. The molecule has 0 unspecified atom stereocenters. The second kappa shape index (κ2) is 7.84. The van der Waals surface area contributed by atoms with Crippen LogP contribution in [0.15, 0.2) is 108 Å². The van der Waals surface area contributed by atoms with E-state index in [1.54, 1.807) is 18.2 Å². The van der Waals surface area contributed by atoms with E-state index in [0.717, 1.165) is 21.9 Å². The van der Waals surface area contributed by atoms with E-state index in [2.05, 4.69) is 4.79 Å². The molecule has 0 aromatic heterocycles. The second-order valence-electron chi connectivity index (χ2n) is 6.71. The summed E-state index contributed by atoms with van der Waals surface area (Å²) in [6, 6.07) is 30.9. The molecule has 5 heteroatoms. The van der Waals surface area contributed by atoms with Crippen LogP contribution in [0.3, 0.4) is 0 Å². The van der Waals surface area contributed by atoms with Crippen LogP contribution in [0.2, 0.25) is 0 Å². The molecular formula is C24H18N2O2S. The first-order valence-electron chi connectivity index (χ1n) is 9.17. The van der Waals surface area contributed by atoms with Gasteiger partial charge in [-0.3, -0.25) is 0 Å². The molecule has 0 aliphatic carbocycles. The van der Waals surface area contributed by atoms with Gasteiger partial charge in [0.15, 0.2) is 0 Å². The third kappa shape index (κ3) is 3.61. The molecule has 0 saturated carbocycles. The monoisotopic (exact) mass is 398 g/mol. The fourth-order valence-electron chi connectivity index (χ4n) is 3.49. The topological polar surface area (TPSA) is 70.5 Å². The van der Waals surface area contributed by atoms with Crippen LogP contribution in [0.5, 0.6) is 0 Å². The summed E-state index contributed by atoms with van der Waals surface area (Å²) in [7, 11) is -4.04. The van der Waals surface area contributed by atoms with Gasteiger partial charge in [-0.25, -0.2) is 8.42 Å². The maximum absolute atomic E-state index is 13.5. The molecule has 4 aromatic carbocycles. The summed E-state index contributed by atoms with van der Waals surface area (Å²) in [4.78, 5) is 3.40. The fraction of sp³-hybridized carbons (Fsp3) is 0.0417. The van der Waals surface area contributed by atoms with E-state index in [0.29, 0.717) is 0 Å². The van der Waals surface area contributed by atoms with Gasteiger partial charge in [0, 0.05) is 0 Å². The van der Waals surface area contributed by atoms with E-state index in [1.165, 1.54) is 0 Å². The zero-order valence-electron chi connectivity index (χ0n) is 15.5. The van der Waals surface area contributed by atoms with Gasteiger partial charge in [-0.1, -0.05) is 91.0 Å². The molecule has 0 N–H and O–H groups in total. The third-order valence-corrected chi connectivity index (χ3v) is 6.66. The molecule has 0 radical (unpaired) electrons. The van der Waals surface area contributed by atoms with Crippen LogP contribution in [0, 0.1) is 0 Å². The number of benzene rings is 4. The summed E-state index contributed by atoms with van der Waals surface area (Å²) in [5.74, 6) is -0.723. The molecule has 0 bridgehead atoms. The van der Waals surface area contributed by atoms with Gasteiger partial charge in [0.1, 0.15) is 5.92 Å². The largest absolute Gasteiger partial charge is 0.397 e. The number of hydrogen-bond donors (Lipinski definition) is 0. The van der Waals surface area contributed by atoms with Crippen molar-refractivity contribution in [2.75, 3.05) is 0 Å². The molecule has 0 amide bonds. The van der Waals surface area contributed by atoms with Gasteiger partial charge in [0.25, 0.3) is 9.84 Å². The minimum atomic E-state index is -4.04. The summed E-state index contributed by atoms with van der Waals surface area (Å²) < 4.78 is 27.0. The number of rotatable bonds is 4. The van der Waals surface area contributed by atoms with Crippen LogP contribution >= 0.6 is 0 Å². The lowest BCUT2D eigenvalue weighted by Crippen LogP contribution is -2.25. The van der Waals surface area contributed by atoms with Crippen LogP contribution in [0.1, 0.15) is 17.0 Å². The van der Waals surface area contributed by atoms with Gasteiger partial charge in [0.05, 0.1) is 4.90 Å². The van der Waals surface area contributed by atoms with Gasteiger partial charge in [-0.05, 0) is 34.0 Å². The minimum absolute atomic E-state index is 0.0980. The average molecular weight is 398 g/mol. The second-order valence-corrected chi connectivity index (χ2v) is 8.60. The van der Waals surface area contributed by atoms with Gasteiger partial charge in [-0.2, -0.15) is 4.79 Å². The van der Waals surface area contributed by atoms with Crippen molar-refractivity contribution in [2.24, 2.45) is 0 Å². The van der Waals surface area contributed by atoms with Crippen molar-refractivity contribution >= 4 is 25.7 Å². The number of nitrogens with zero attached hydrogens (tertiary/aromatic N) is 2. The molecule has 0 aliphatic rings. The van der Waals surface area contributed by atoms with Crippen molar-refractivity contribution in [2.45, 2.75) is 10.8 Å². The SMILES string of the molecule is [N-]=[N+]=C(C(c1ccccc1)c1ccccc1)S(=O)(=O)c1ccc2ccccc2c1. The Kier molecular flexibility index (Phi) is 5.09. The number of fused-ring (bicyclic) bond motifs is 1. The number of hydrogen-bond acceptors (Lipinski definition) is 2. The first-order valence-corrected chi connectivity index (χ1v) is 10.7. The van der Waals surface area contributed by atoms with Gasteiger partial charge in [-0.15, -0.1) is 0 Å². The van der Waals surface area contributed by atoms with E-state index in [1.807, 2.05) is 84.9 Å². The third-order valence-electron chi connectivity index (χ3n) is 4.92. The summed E-state index contributed by atoms with van der Waals surface area (Å²) in [6.45, 7) is 0. The van der Waals surface area contributed by atoms with Crippen LogP contribution < -0.4 is 0 Å². The van der Waals surface area contributed by atoms with E-state index in [9.17, 15) is 13.9 Å². The first kappa shape index (κ1) is 18.8. The minimum Gasteiger partial charge on any atom is -0.360 e. The predicted octanol–water partition coefficient (Wildman–Crippen LogP) is 5.07. The lowest BCUT2D eigenvalue weighted by Gasteiger charge is -2.14. The molecule has 0 atom stereocenters. The Labute approximate surface area is 169 Å². The maximum Gasteiger partial charge on any atom is 0.397 e. The van der Waals surface area contributed by atoms with Crippen LogP contribution in [-0.2, 0) is 9.84 Å². The molecule has 29 heavy (non-hydrogen) atoms. The standard InChI is InChI=1S/C24H18N2O2S/c25-26-24(23(19-10-3-1-4-11-19)20-12-5-2-6-13-20)29(27,28)22-16-15-18-9-7-8-14-21(18)17-22/h1-17,23H. The Bertz CT molecular complexity index is 1270. The number of sulfone groups is 1. The zero-order valence-corrected chi connectivity index (χ0v) is 16.3. The predicted molar refractivity (Wildman–Crippen MR) is 114 cm³/mol. The molecule has 0 heterocycles. The highest BCUT2D eigenvalue weighted by molar-refractivity contribution is 8.06. The van der Waals surface area contributed by atoms with E-state index >= 15 is 0 Å². The molecule has 0 aliphatic heterocycles. The average Bonchev–Trinajstić information content (AvgIpc) is 2.78. The summed E-state index contributed by atoms with van der Waals surface area (Å²) in [5.41, 5.74) is 11.3. The zero-order chi connectivity index (χ0) is 20.3. The highest BCUT2D eigenvalue weighted by atomic mass is 32.2. The lowest BCUT2D eigenvalue weighted by molar-refractivity contribution is -0.00394. The Hall–Kier alpha value is -3.53. The molecule has 0 fully saturated rings. The van der Waals surface area contributed by atoms with Crippen molar-refractivity contribution in [1.29, 1.82) is 0 Å². The lowest BCUT2D eigenvalue weighted by atomic mass is 9.92. The molecule has 0 spiro atoms. The van der Waals surface area contributed by atoms with Crippen LogP contribution in [-0.4, -0.2) is 18.3 Å². The van der Waals surface area contributed by atoms with Gasteiger partial charge in [0.2, 0.25) is 0 Å². The van der Waals surface area contributed by atoms with Crippen molar-refractivity contribution in [3.05, 3.63) is 120 Å². The molecule has 4 aromatic rings. The van der Waals surface area contributed by atoms with E-state index < -0.39 is 15.8 Å². The first-order chi connectivity index (χ1) is 14.1. The Balaban J connectivity index is 1.89.